The summed E-state index contributed by atoms with van der Waals surface area (Å²) in [5, 5.41) is 27.5. The molecule has 0 radical (unpaired) electrons. The largest absolute Gasteiger partial charge is 0.444 e. The van der Waals surface area contributed by atoms with E-state index in [-0.39, 0.29) is 30.5 Å². The molecule has 14 heteroatoms. The van der Waals surface area contributed by atoms with Crippen molar-refractivity contribution in [2.45, 2.75) is 13.2 Å². The van der Waals surface area contributed by atoms with Crippen LogP contribution in [0.3, 0.4) is 0 Å². The molecule has 0 aliphatic carbocycles. The summed E-state index contributed by atoms with van der Waals surface area (Å²) in [6, 6.07) is 12.3. The van der Waals surface area contributed by atoms with E-state index in [9.17, 15) is 29.8 Å². The monoisotopic (exact) mass is 468 g/mol. The second-order valence-electron chi connectivity index (χ2n) is 6.49. The molecule has 0 saturated heterocycles. The van der Waals surface area contributed by atoms with Crippen LogP contribution in [0.1, 0.15) is 11.1 Å². The van der Waals surface area contributed by atoms with Crippen molar-refractivity contribution in [3.05, 3.63) is 98.3 Å². The zero-order chi connectivity index (χ0) is 24.5. The molecule has 3 aromatic rings. The van der Waals surface area contributed by atoms with E-state index in [2.05, 4.69) is 15.4 Å². The molecule has 0 atom stereocenters. The molecule has 174 valence electrons. The molecule has 0 saturated carbocycles. The number of rotatable bonds is 6. The number of hydrogen-bond donors (Lipinski definition) is 1. The van der Waals surface area contributed by atoms with Gasteiger partial charge in [-0.2, -0.15) is 5.10 Å². The van der Waals surface area contributed by atoms with Crippen LogP contribution >= 0.6 is 0 Å². The number of amides is 2. The van der Waals surface area contributed by atoms with Crippen LogP contribution in [-0.2, 0) is 22.7 Å². The van der Waals surface area contributed by atoms with Crippen LogP contribution in [0.2, 0.25) is 0 Å². The van der Waals surface area contributed by atoms with E-state index < -0.39 is 22.0 Å². The maximum atomic E-state index is 12.2. The summed E-state index contributed by atoms with van der Waals surface area (Å²) in [7, 11) is 0. The third-order valence-electron chi connectivity index (χ3n) is 4.16. The topological polar surface area (TPSA) is 181 Å². The van der Waals surface area contributed by atoms with Gasteiger partial charge in [-0.25, -0.2) is 14.3 Å². The second-order valence-corrected chi connectivity index (χ2v) is 6.49. The van der Waals surface area contributed by atoms with E-state index in [1.54, 1.807) is 0 Å². The lowest BCUT2D eigenvalue weighted by atomic mass is 10.2. The molecule has 3 rings (SSSR count). The Kier molecular flexibility index (Phi) is 7.57. The van der Waals surface area contributed by atoms with Gasteiger partial charge in [0.05, 0.1) is 9.85 Å². The first kappa shape index (κ1) is 23.5. The smallest absolute Gasteiger partial charge is 0.437 e. The molecule has 14 nitrogen and oxygen atoms in total. The van der Waals surface area contributed by atoms with Gasteiger partial charge in [0.15, 0.2) is 0 Å². The highest BCUT2D eigenvalue weighted by Crippen LogP contribution is 2.13. The normalized spacial score (nSPS) is 10.9. The highest BCUT2D eigenvalue weighted by Gasteiger charge is 2.14. The van der Waals surface area contributed by atoms with E-state index in [1.807, 2.05) is 0 Å². The molecule has 1 N–H and O–H groups in total. The number of ether oxygens (including phenoxy) is 2. The van der Waals surface area contributed by atoms with Gasteiger partial charge in [-0.3, -0.25) is 25.5 Å². The van der Waals surface area contributed by atoms with Crippen molar-refractivity contribution in [1.29, 1.82) is 0 Å². The standard InChI is InChI=1S/C20H16N6O8/c27-19(33-12-14-2-6-16(7-3-14)25(29)30)22-18(24-11-1-10-21-24)23-20(28)34-13-15-4-8-17(9-5-15)26(31)32/h1-11H,12-13H2,(H,22,23,27,28). The summed E-state index contributed by atoms with van der Waals surface area (Å²) in [5.41, 5.74) is 0.783. The van der Waals surface area contributed by atoms with Crippen molar-refractivity contribution >= 4 is 29.5 Å². The maximum Gasteiger partial charge on any atom is 0.437 e. The average molecular weight is 468 g/mol. The fourth-order valence-electron chi connectivity index (χ4n) is 2.50. The van der Waals surface area contributed by atoms with Crippen molar-refractivity contribution in [2.24, 2.45) is 4.99 Å². The average Bonchev–Trinajstić information content (AvgIpc) is 3.36. The van der Waals surface area contributed by atoms with Gasteiger partial charge in [0.25, 0.3) is 11.4 Å². The van der Waals surface area contributed by atoms with Gasteiger partial charge in [-0.05, 0) is 41.5 Å². The molecule has 1 aromatic heterocycles. The zero-order valence-corrected chi connectivity index (χ0v) is 17.3. The number of aromatic nitrogens is 2. The number of nitrogens with one attached hydrogen (secondary N) is 1. The SMILES string of the molecule is O=C(N=C(NC(=O)OCc1ccc([N+](=O)[O-])cc1)n1cccn1)OCc1ccc([N+](=O)[O-])cc1. The third kappa shape index (κ3) is 6.68. The molecule has 34 heavy (non-hydrogen) atoms. The number of aliphatic imine (C=N–C) groups is 1. The quantitative estimate of drug-likeness (QED) is 0.246. The van der Waals surface area contributed by atoms with Crippen molar-refractivity contribution in [3.8, 4) is 0 Å². The minimum atomic E-state index is -1.06. The zero-order valence-electron chi connectivity index (χ0n) is 17.3. The number of nitro groups is 2. The van der Waals surface area contributed by atoms with Gasteiger partial charge in [0.1, 0.15) is 13.2 Å². The molecule has 0 spiro atoms. The molecular weight excluding hydrogens is 452 g/mol. The molecule has 0 bridgehead atoms. The summed E-state index contributed by atoms with van der Waals surface area (Å²) < 4.78 is 11.2. The fraction of sp³-hybridized carbons (Fsp3) is 0.100. The van der Waals surface area contributed by atoms with E-state index in [0.29, 0.717) is 11.1 Å². The Morgan fingerprint density at radius 1 is 0.912 bits per heavy atom. The number of alkyl carbamates (subject to hydrolysis) is 1. The molecule has 1 heterocycles. The summed E-state index contributed by atoms with van der Waals surface area (Å²) in [6.45, 7) is -0.405. The van der Waals surface area contributed by atoms with E-state index >= 15 is 0 Å². The number of carbonyl (C=O) groups excluding carboxylic acids is 2. The molecule has 0 fully saturated rings. The van der Waals surface area contributed by atoms with Crippen molar-refractivity contribution in [3.63, 3.8) is 0 Å². The van der Waals surface area contributed by atoms with Crippen LogP contribution in [-0.4, -0.2) is 37.8 Å². The van der Waals surface area contributed by atoms with E-state index in [0.717, 1.165) is 4.68 Å². The minimum Gasteiger partial charge on any atom is -0.444 e. The number of benzene rings is 2. The summed E-state index contributed by atoms with van der Waals surface area (Å²) in [4.78, 5) is 48.3. The van der Waals surface area contributed by atoms with Crippen LogP contribution < -0.4 is 5.32 Å². The number of nitrogens with zero attached hydrogens (tertiary/aromatic N) is 5. The first-order valence-electron chi connectivity index (χ1n) is 9.48. The lowest BCUT2D eigenvalue weighted by Crippen LogP contribution is -2.37. The number of carbonyl (C=O) groups is 2. The minimum absolute atomic E-state index is 0.103. The van der Waals surface area contributed by atoms with Crippen LogP contribution in [0.25, 0.3) is 0 Å². The van der Waals surface area contributed by atoms with Gasteiger partial charge >= 0.3 is 12.2 Å². The Morgan fingerprint density at radius 3 is 1.91 bits per heavy atom. The summed E-state index contributed by atoms with van der Waals surface area (Å²) >= 11 is 0. The van der Waals surface area contributed by atoms with Crippen molar-refractivity contribution in [2.75, 3.05) is 0 Å². The molecule has 2 amide bonds. The Hall–Kier alpha value is -5.14. The second kappa shape index (κ2) is 10.9. The van der Waals surface area contributed by atoms with Crippen molar-refractivity contribution < 1.29 is 28.9 Å². The predicted molar refractivity (Wildman–Crippen MR) is 115 cm³/mol. The fourth-order valence-corrected chi connectivity index (χ4v) is 2.50. The first-order chi connectivity index (χ1) is 16.3. The van der Waals surface area contributed by atoms with Gasteiger partial charge in [-0.1, -0.05) is 0 Å². The molecule has 0 aliphatic rings. The summed E-state index contributed by atoms with van der Waals surface area (Å²) in [6.07, 6.45) is 0.788. The third-order valence-corrected chi connectivity index (χ3v) is 4.16. The molecular formula is C20H16N6O8. The Bertz CT molecular complexity index is 1210. The first-order valence-corrected chi connectivity index (χ1v) is 9.48. The molecule has 0 unspecified atom stereocenters. The van der Waals surface area contributed by atoms with Crippen LogP contribution in [0, 0.1) is 20.2 Å². The lowest BCUT2D eigenvalue weighted by Gasteiger charge is -2.09. The Balaban J connectivity index is 1.59. The van der Waals surface area contributed by atoms with Crippen LogP contribution in [0.4, 0.5) is 21.0 Å². The number of hydrogen-bond acceptors (Lipinski definition) is 9. The highest BCUT2D eigenvalue weighted by atomic mass is 16.6. The summed E-state index contributed by atoms with van der Waals surface area (Å²) in [5.74, 6) is -0.299. The van der Waals surface area contributed by atoms with Gasteiger partial charge in [-0.15, -0.1) is 4.99 Å². The van der Waals surface area contributed by atoms with Crippen molar-refractivity contribution in [1.82, 2.24) is 15.1 Å². The maximum absolute atomic E-state index is 12.2. The number of nitro benzene ring substituents is 2. The van der Waals surface area contributed by atoms with Gasteiger partial charge in [0.2, 0.25) is 5.96 Å². The van der Waals surface area contributed by atoms with E-state index in [4.69, 9.17) is 9.47 Å². The lowest BCUT2D eigenvalue weighted by molar-refractivity contribution is -0.385. The van der Waals surface area contributed by atoms with Gasteiger partial charge < -0.3 is 9.47 Å². The highest BCUT2D eigenvalue weighted by molar-refractivity contribution is 5.99. The van der Waals surface area contributed by atoms with E-state index in [1.165, 1.54) is 67.0 Å². The Labute approximate surface area is 190 Å². The number of non-ortho nitro benzene ring substituents is 2. The van der Waals surface area contributed by atoms with Gasteiger partial charge in [0, 0.05) is 36.7 Å². The molecule has 2 aromatic carbocycles. The van der Waals surface area contributed by atoms with Crippen LogP contribution in [0.15, 0.2) is 72.0 Å². The van der Waals surface area contributed by atoms with Crippen LogP contribution in [0.5, 0.6) is 0 Å². The molecule has 0 aliphatic heterocycles. The predicted octanol–water partition coefficient (Wildman–Crippen LogP) is 3.17. The Morgan fingerprint density at radius 2 is 1.44 bits per heavy atom.